The normalized spacial score (nSPS) is 16.9. The first kappa shape index (κ1) is 10.0. The third-order valence-corrected chi connectivity index (χ3v) is 2.72. The van der Waals surface area contributed by atoms with E-state index >= 15 is 0 Å². The Morgan fingerprint density at radius 3 is 2.60 bits per heavy atom. The van der Waals surface area contributed by atoms with Crippen molar-refractivity contribution in [2.24, 2.45) is 5.92 Å². The molecule has 0 spiro atoms. The van der Waals surface area contributed by atoms with Gasteiger partial charge < -0.3 is 10.6 Å². The molecule has 0 unspecified atom stereocenters. The molecule has 0 saturated heterocycles. The summed E-state index contributed by atoms with van der Waals surface area (Å²) in [6.07, 6.45) is 2.49. The molecule has 1 atom stereocenters. The molecule has 80 valence electrons. The minimum absolute atomic E-state index is 0.111. The molecule has 1 saturated carbocycles. The summed E-state index contributed by atoms with van der Waals surface area (Å²) in [6.45, 7) is 2.06. The van der Waals surface area contributed by atoms with Crippen LogP contribution in [0.1, 0.15) is 19.8 Å². The lowest BCUT2D eigenvalue weighted by Gasteiger charge is -2.13. The molecule has 2 amide bonds. The van der Waals surface area contributed by atoms with Gasteiger partial charge in [-0.15, -0.1) is 0 Å². The van der Waals surface area contributed by atoms with Crippen LogP contribution in [0.2, 0.25) is 0 Å². The molecule has 1 fully saturated rings. The predicted octanol–water partition coefficient (Wildman–Crippen LogP) is 2.61. The number of anilines is 1. The number of para-hydroxylation sites is 1. The first-order chi connectivity index (χ1) is 7.25. The van der Waals surface area contributed by atoms with E-state index in [1.54, 1.807) is 0 Å². The number of carbonyl (C=O) groups excluding carboxylic acids is 1. The molecule has 0 bridgehead atoms. The van der Waals surface area contributed by atoms with Gasteiger partial charge in [0.2, 0.25) is 0 Å². The molecule has 3 nitrogen and oxygen atoms in total. The van der Waals surface area contributed by atoms with Crippen LogP contribution >= 0.6 is 0 Å². The Kier molecular flexibility index (Phi) is 2.90. The molecule has 0 radical (unpaired) electrons. The molecule has 2 rings (SSSR count). The fourth-order valence-electron chi connectivity index (χ4n) is 1.61. The second-order valence-corrected chi connectivity index (χ2v) is 4.09. The Bertz CT molecular complexity index is 333. The molecular formula is C12H16N2O. The Labute approximate surface area is 89.9 Å². The SMILES string of the molecule is C[C@H](NC(=O)Nc1ccccc1)C1CC1. The molecule has 3 heteroatoms. The maximum absolute atomic E-state index is 11.5. The zero-order chi connectivity index (χ0) is 10.7. The van der Waals surface area contributed by atoms with Gasteiger partial charge in [-0.2, -0.15) is 0 Å². The molecule has 1 aromatic carbocycles. The van der Waals surface area contributed by atoms with Gasteiger partial charge in [0.1, 0.15) is 0 Å². The van der Waals surface area contributed by atoms with Gasteiger partial charge in [-0.25, -0.2) is 4.79 Å². The highest BCUT2D eigenvalue weighted by Gasteiger charge is 2.28. The summed E-state index contributed by atoms with van der Waals surface area (Å²) >= 11 is 0. The number of nitrogens with one attached hydrogen (secondary N) is 2. The van der Waals surface area contributed by atoms with Crippen molar-refractivity contribution in [1.82, 2.24) is 5.32 Å². The van der Waals surface area contributed by atoms with Crippen molar-refractivity contribution in [1.29, 1.82) is 0 Å². The maximum atomic E-state index is 11.5. The number of rotatable bonds is 3. The number of carbonyl (C=O) groups is 1. The third kappa shape index (κ3) is 2.98. The van der Waals surface area contributed by atoms with E-state index in [1.165, 1.54) is 12.8 Å². The summed E-state index contributed by atoms with van der Waals surface area (Å²) in [5.74, 6) is 0.687. The average molecular weight is 204 g/mol. The summed E-state index contributed by atoms with van der Waals surface area (Å²) in [7, 11) is 0. The quantitative estimate of drug-likeness (QED) is 0.780. The molecule has 2 N–H and O–H groups in total. The van der Waals surface area contributed by atoms with Crippen molar-refractivity contribution in [3.05, 3.63) is 30.3 Å². The minimum Gasteiger partial charge on any atom is -0.335 e. The largest absolute Gasteiger partial charge is 0.335 e. The third-order valence-electron chi connectivity index (χ3n) is 2.72. The molecule has 1 aliphatic carbocycles. The van der Waals surface area contributed by atoms with Crippen LogP contribution in [0.4, 0.5) is 10.5 Å². The zero-order valence-corrected chi connectivity index (χ0v) is 8.86. The number of benzene rings is 1. The number of amides is 2. The van der Waals surface area contributed by atoms with Gasteiger partial charge in [-0.3, -0.25) is 0 Å². The number of urea groups is 1. The summed E-state index contributed by atoms with van der Waals surface area (Å²) < 4.78 is 0. The fraction of sp³-hybridized carbons (Fsp3) is 0.417. The van der Waals surface area contributed by atoms with Gasteiger partial charge in [-0.1, -0.05) is 18.2 Å². The average Bonchev–Trinajstić information content (AvgIpc) is 3.01. The topological polar surface area (TPSA) is 41.1 Å². The lowest BCUT2D eigenvalue weighted by molar-refractivity contribution is 0.248. The van der Waals surface area contributed by atoms with Gasteiger partial charge in [0.15, 0.2) is 0 Å². The fourth-order valence-corrected chi connectivity index (χ4v) is 1.61. The van der Waals surface area contributed by atoms with E-state index in [-0.39, 0.29) is 12.1 Å². The molecule has 1 aliphatic rings. The van der Waals surface area contributed by atoms with Crippen LogP contribution in [0, 0.1) is 5.92 Å². The molecule has 0 aliphatic heterocycles. The zero-order valence-electron chi connectivity index (χ0n) is 8.86. The number of hydrogen-bond acceptors (Lipinski definition) is 1. The van der Waals surface area contributed by atoms with Crippen molar-refractivity contribution < 1.29 is 4.79 Å². The highest BCUT2D eigenvalue weighted by atomic mass is 16.2. The van der Waals surface area contributed by atoms with Crippen molar-refractivity contribution in [3.8, 4) is 0 Å². The Morgan fingerprint density at radius 1 is 1.33 bits per heavy atom. The van der Waals surface area contributed by atoms with Crippen LogP contribution in [0.5, 0.6) is 0 Å². The summed E-state index contributed by atoms with van der Waals surface area (Å²) in [4.78, 5) is 11.5. The van der Waals surface area contributed by atoms with Crippen LogP contribution in [-0.2, 0) is 0 Å². The molecule has 0 aromatic heterocycles. The van der Waals surface area contributed by atoms with E-state index in [1.807, 2.05) is 30.3 Å². The van der Waals surface area contributed by atoms with Gasteiger partial charge in [0, 0.05) is 11.7 Å². The first-order valence-electron chi connectivity index (χ1n) is 5.38. The van der Waals surface area contributed by atoms with Crippen LogP contribution in [0.3, 0.4) is 0 Å². The van der Waals surface area contributed by atoms with E-state index in [0.717, 1.165) is 5.69 Å². The van der Waals surface area contributed by atoms with Crippen molar-refractivity contribution >= 4 is 11.7 Å². The highest BCUT2D eigenvalue weighted by Crippen LogP contribution is 2.32. The lowest BCUT2D eigenvalue weighted by atomic mass is 10.2. The van der Waals surface area contributed by atoms with Crippen molar-refractivity contribution in [3.63, 3.8) is 0 Å². The minimum atomic E-state index is -0.111. The Hall–Kier alpha value is -1.51. The van der Waals surface area contributed by atoms with E-state index in [0.29, 0.717) is 5.92 Å². The van der Waals surface area contributed by atoms with E-state index in [2.05, 4.69) is 17.6 Å². The summed E-state index contributed by atoms with van der Waals surface area (Å²) in [5, 5.41) is 5.75. The second kappa shape index (κ2) is 4.34. The van der Waals surface area contributed by atoms with Crippen LogP contribution < -0.4 is 10.6 Å². The molecule has 1 aromatic rings. The monoisotopic (exact) mass is 204 g/mol. The lowest BCUT2D eigenvalue weighted by Crippen LogP contribution is -2.37. The molecular weight excluding hydrogens is 188 g/mol. The smallest absolute Gasteiger partial charge is 0.319 e. The first-order valence-corrected chi connectivity index (χ1v) is 5.38. The van der Waals surface area contributed by atoms with Gasteiger partial charge in [0.25, 0.3) is 0 Å². The molecule has 0 heterocycles. The van der Waals surface area contributed by atoms with Gasteiger partial charge in [-0.05, 0) is 37.8 Å². The van der Waals surface area contributed by atoms with E-state index in [9.17, 15) is 4.79 Å². The maximum Gasteiger partial charge on any atom is 0.319 e. The highest BCUT2D eigenvalue weighted by molar-refractivity contribution is 5.89. The van der Waals surface area contributed by atoms with Crippen molar-refractivity contribution in [2.75, 3.05) is 5.32 Å². The van der Waals surface area contributed by atoms with Crippen LogP contribution in [-0.4, -0.2) is 12.1 Å². The second-order valence-electron chi connectivity index (χ2n) is 4.09. The summed E-state index contributed by atoms with van der Waals surface area (Å²) in [5.41, 5.74) is 0.831. The Morgan fingerprint density at radius 2 is 2.00 bits per heavy atom. The van der Waals surface area contributed by atoms with Crippen LogP contribution in [0.15, 0.2) is 30.3 Å². The van der Waals surface area contributed by atoms with Gasteiger partial charge >= 0.3 is 6.03 Å². The Balaban J connectivity index is 1.81. The van der Waals surface area contributed by atoms with E-state index in [4.69, 9.17) is 0 Å². The van der Waals surface area contributed by atoms with Gasteiger partial charge in [0.05, 0.1) is 0 Å². The number of hydrogen-bond donors (Lipinski definition) is 2. The summed E-state index contributed by atoms with van der Waals surface area (Å²) in [6, 6.07) is 9.66. The predicted molar refractivity (Wildman–Crippen MR) is 60.8 cm³/mol. The van der Waals surface area contributed by atoms with Crippen molar-refractivity contribution in [2.45, 2.75) is 25.8 Å². The molecule has 15 heavy (non-hydrogen) atoms. The van der Waals surface area contributed by atoms with E-state index < -0.39 is 0 Å². The standard InChI is InChI=1S/C12H16N2O/c1-9(10-7-8-10)13-12(15)14-11-5-3-2-4-6-11/h2-6,9-10H,7-8H2,1H3,(H2,13,14,15)/t9-/m0/s1. The van der Waals surface area contributed by atoms with Crippen LogP contribution in [0.25, 0.3) is 0 Å².